The molecule has 0 fully saturated rings. The summed E-state index contributed by atoms with van der Waals surface area (Å²) in [4.78, 5) is 0. The number of aryl methyl sites for hydroxylation is 2. The summed E-state index contributed by atoms with van der Waals surface area (Å²) in [7, 11) is 1.91. The summed E-state index contributed by atoms with van der Waals surface area (Å²) in [5.41, 5.74) is 3.47. The summed E-state index contributed by atoms with van der Waals surface area (Å²) < 4.78 is 6.98. The minimum atomic E-state index is 0.988. The number of benzene rings is 1. The molecule has 2 heteroatoms. The molecule has 2 nitrogen and oxygen atoms in total. The van der Waals surface area contributed by atoms with Crippen LogP contribution in [0.1, 0.15) is 5.56 Å². The number of nitrogens with zero attached hydrogens (tertiary/aromatic N) is 1. The second kappa shape index (κ2) is 1.66. The maximum Gasteiger partial charge on any atom is 0.182 e. The molecule has 0 unspecified atom stereocenters. The molecule has 0 saturated carbocycles. The molecule has 0 saturated heterocycles. The summed E-state index contributed by atoms with van der Waals surface area (Å²) in [6.45, 7) is 2.08. The largest absolute Gasteiger partial charge is 0.377 e. The van der Waals surface area contributed by atoms with E-state index in [9.17, 15) is 0 Å². The van der Waals surface area contributed by atoms with Gasteiger partial charge in [0.25, 0.3) is 0 Å². The Kier molecular flexibility index (Phi) is 0.926. The molecule has 0 spiro atoms. The van der Waals surface area contributed by atoms with Crippen LogP contribution in [0.5, 0.6) is 0 Å². The lowest BCUT2D eigenvalue weighted by Crippen LogP contribution is -1.99. The summed E-state index contributed by atoms with van der Waals surface area (Å²) in [5, 5.41) is 0. The van der Waals surface area contributed by atoms with E-state index in [4.69, 9.17) is 4.52 Å². The Labute approximate surface area is 59.0 Å². The number of fused-ring (bicyclic) bond motifs is 1. The fourth-order valence-corrected chi connectivity index (χ4v) is 1.26. The average molecular weight is 135 g/mol. The van der Waals surface area contributed by atoms with Crippen LogP contribution < -0.4 is 0 Å². The third-order valence-corrected chi connectivity index (χ3v) is 1.75. The van der Waals surface area contributed by atoms with Crippen molar-refractivity contribution in [2.24, 2.45) is 7.05 Å². The Bertz CT molecular complexity index is 356. The highest BCUT2D eigenvalue weighted by atomic mass is 16.5. The van der Waals surface area contributed by atoms with Crippen molar-refractivity contribution in [1.29, 1.82) is 0 Å². The van der Waals surface area contributed by atoms with Crippen LogP contribution in [0.15, 0.2) is 22.7 Å². The Morgan fingerprint density at radius 3 is 2.70 bits per heavy atom. The third kappa shape index (κ3) is 0.533. The van der Waals surface area contributed by atoms with Gasteiger partial charge in [0.05, 0.1) is 0 Å². The Morgan fingerprint density at radius 2 is 2.20 bits per heavy atom. The summed E-state index contributed by atoms with van der Waals surface area (Å²) >= 11 is 0. The normalized spacial score (nSPS) is 11.0. The number of aromatic nitrogens is 1. The van der Waals surface area contributed by atoms with Crippen molar-refractivity contribution in [3.8, 4) is 0 Å². The van der Waals surface area contributed by atoms with Gasteiger partial charge in [-0.2, -0.15) is 0 Å². The first kappa shape index (κ1) is 5.59. The predicted molar refractivity (Wildman–Crippen MR) is 39.9 cm³/mol. The molecule has 0 N–H and O–H groups in total. The average Bonchev–Trinajstić information content (AvgIpc) is 1.85. The van der Waals surface area contributed by atoms with Crippen LogP contribution in [0.3, 0.4) is 0 Å². The third-order valence-electron chi connectivity index (χ3n) is 1.75. The van der Waals surface area contributed by atoms with Crippen molar-refractivity contribution in [3.63, 3.8) is 0 Å². The number of rotatable bonds is 0. The van der Waals surface area contributed by atoms with Crippen molar-refractivity contribution in [3.05, 3.63) is 23.8 Å². The van der Waals surface area contributed by atoms with Crippen LogP contribution in [0.25, 0.3) is 11.1 Å². The molecule has 1 aromatic carbocycles. The molecule has 0 aliphatic rings. The van der Waals surface area contributed by atoms with E-state index >= 15 is 0 Å². The summed E-state index contributed by atoms with van der Waals surface area (Å²) in [5.74, 6) is 0. The molecular formula is C8H9NO. The molecule has 2 aromatic rings. The molecule has 0 amide bonds. The van der Waals surface area contributed by atoms with Gasteiger partial charge in [-0.3, -0.25) is 0 Å². The maximum atomic E-state index is 5.20. The minimum absolute atomic E-state index is 0.988. The lowest BCUT2D eigenvalue weighted by atomic mass is 10.2. The zero-order valence-electron chi connectivity index (χ0n) is 6.09. The fraction of sp³-hybridized carbons (Fsp3) is 0.250. The Hall–Kier alpha value is -1.18. The molecule has 0 bridgehead atoms. The van der Waals surface area contributed by atoms with Gasteiger partial charge in [0.2, 0.25) is 0 Å². The van der Waals surface area contributed by atoms with E-state index < -0.39 is 0 Å². The number of hydrogen-bond acceptors (Lipinski definition) is 1. The summed E-state index contributed by atoms with van der Waals surface area (Å²) in [6.07, 6.45) is 0. The van der Waals surface area contributed by atoms with Crippen molar-refractivity contribution in [2.75, 3.05) is 0 Å². The summed E-state index contributed by atoms with van der Waals surface area (Å²) in [6, 6.07) is 6.06. The maximum absolute atomic E-state index is 5.20. The van der Waals surface area contributed by atoms with E-state index in [1.54, 1.807) is 4.74 Å². The van der Waals surface area contributed by atoms with E-state index in [-0.39, 0.29) is 0 Å². The second-order valence-corrected chi connectivity index (χ2v) is 2.51. The van der Waals surface area contributed by atoms with E-state index in [1.807, 2.05) is 19.2 Å². The molecule has 0 radical (unpaired) electrons. The van der Waals surface area contributed by atoms with E-state index in [0.29, 0.717) is 0 Å². The zero-order chi connectivity index (χ0) is 7.14. The van der Waals surface area contributed by atoms with Crippen molar-refractivity contribution in [1.82, 2.24) is 4.74 Å². The van der Waals surface area contributed by atoms with Crippen LogP contribution in [0.2, 0.25) is 0 Å². The van der Waals surface area contributed by atoms with Gasteiger partial charge in [0, 0.05) is 7.05 Å². The molecule has 0 aliphatic carbocycles. The van der Waals surface area contributed by atoms with Gasteiger partial charge in [0.15, 0.2) is 5.58 Å². The van der Waals surface area contributed by atoms with Crippen molar-refractivity contribution < 1.29 is 4.52 Å². The van der Waals surface area contributed by atoms with E-state index in [2.05, 4.69) is 13.0 Å². The van der Waals surface area contributed by atoms with E-state index in [1.165, 1.54) is 11.1 Å². The minimum Gasteiger partial charge on any atom is -0.377 e. The number of para-hydroxylation sites is 1. The Balaban J connectivity index is 2.84. The first-order valence-electron chi connectivity index (χ1n) is 3.30. The van der Waals surface area contributed by atoms with Crippen LogP contribution in [-0.2, 0) is 7.05 Å². The van der Waals surface area contributed by atoms with Gasteiger partial charge in [-0.05, 0) is 18.6 Å². The highest BCUT2D eigenvalue weighted by molar-refractivity contribution is 5.77. The quantitative estimate of drug-likeness (QED) is 0.540. The highest BCUT2D eigenvalue weighted by Crippen LogP contribution is 2.20. The predicted octanol–water partition coefficient (Wildman–Crippen LogP) is 2.08. The highest BCUT2D eigenvalue weighted by Gasteiger charge is 2.05. The first-order valence-corrected chi connectivity index (χ1v) is 3.30. The molecule has 0 atom stereocenters. The molecule has 10 heavy (non-hydrogen) atoms. The molecule has 1 aromatic heterocycles. The lowest BCUT2D eigenvalue weighted by molar-refractivity contribution is 0.305. The van der Waals surface area contributed by atoms with Gasteiger partial charge >= 0.3 is 0 Å². The van der Waals surface area contributed by atoms with Crippen LogP contribution >= 0.6 is 0 Å². The van der Waals surface area contributed by atoms with Gasteiger partial charge in [-0.25, -0.2) is 4.74 Å². The monoisotopic (exact) mass is 135 g/mol. The molecule has 1 heterocycles. The van der Waals surface area contributed by atoms with Gasteiger partial charge in [-0.1, -0.05) is 12.1 Å². The molecular weight excluding hydrogens is 126 g/mol. The molecule has 0 aliphatic heterocycles. The van der Waals surface area contributed by atoms with Gasteiger partial charge < -0.3 is 4.52 Å². The Morgan fingerprint density at radius 1 is 1.40 bits per heavy atom. The molecule has 52 valence electrons. The second-order valence-electron chi connectivity index (χ2n) is 2.51. The SMILES string of the molecule is Cc1cccc2on(C)c12. The topological polar surface area (TPSA) is 18.1 Å². The first-order chi connectivity index (χ1) is 4.79. The fourth-order valence-electron chi connectivity index (χ4n) is 1.26. The standard InChI is InChI=1S/C8H9NO/c1-6-4-3-5-7-8(6)9(2)10-7/h3-5H,1-2H3. The van der Waals surface area contributed by atoms with Crippen molar-refractivity contribution in [2.45, 2.75) is 6.92 Å². The number of hydrogen-bond donors (Lipinski definition) is 0. The van der Waals surface area contributed by atoms with E-state index in [0.717, 1.165) is 5.58 Å². The van der Waals surface area contributed by atoms with Crippen LogP contribution in [0.4, 0.5) is 0 Å². The lowest BCUT2D eigenvalue weighted by Gasteiger charge is -2.10. The van der Waals surface area contributed by atoms with Crippen molar-refractivity contribution >= 4 is 11.1 Å². The van der Waals surface area contributed by atoms with Crippen LogP contribution in [0, 0.1) is 6.92 Å². The van der Waals surface area contributed by atoms with Crippen LogP contribution in [-0.4, -0.2) is 4.74 Å². The smallest absolute Gasteiger partial charge is 0.182 e. The molecule has 2 rings (SSSR count). The zero-order valence-corrected chi connectivity index (χ0v) is 6.09. The van der Waals surface area contributed by atoms with Gasteiger partial charge in [-0.15, -0.1) is 0 Å². The van der Waals surface area contributed by atoms with Gasteiger partial charge in [0.1, 0.15) is 5.52 Å².